The van der Waals surface area contributed by atoms with Crippen molar-refractivity contribution in [1.82, 2.24) is 0 Å². The number of hydrogen-bond acceptors (Lipinski definition) is 2. The molecule has 1 aromatic carbocycles. The van der Waals surface area contributed by atoms with Gasteiger partial charge in [0.25, 0.3) is 0 Å². The number of carbonyl (C=O) groups is 1. The van der Waals surface area contributed by atoms with Gasteiger partial charge in [-0.15, -0.1) is 0 Å². The molecule has 0 aromatic heterocycles. The molecule has 3 nitrogen and oxygen atoms in total. The predicted molar refractivity (Wildman–Crippen MR) is 70.8 cm³/mol. The Morgan fingerprint density at radius 3 is 2.65 bits per heavy atom. The Balaban J connectivity index is 2.02. The number of hydrogen-bond donors (Lipinski definition) is 2. The van der Waals surface area contributed by atoms with Crippen LogP contribution in [0.4, 0.5) is 11.4 Å². The highest BCUT2D eigenvalue weighted by Crippen LogP contribution is 2.26. The topological polar surface area (TPSA) is 55.1 Å². The van der Waals surface area contributed by atoms with E-state index in [1.807, 2.05) is 25.1 Å². The number of benzene rings is 1. The van der Waals surface area contributed by atoms with E-state index in [1.165, 1.54) is 19.3 Å². The first-order valence-corrected chi connectivity index (χ1v) is 6.34. The third kappa shape index (κ3) is 2.99. The first-order chi connectivity index (χ1) is 8.16. The summed E-state index contributed by atoms with van der Waals surface area (Å²) in [5.41, 5.74) is 8.38. The van der Waals surface area contributed by atoms with E-state index in [1.54, 1.807) is 0 Å². The fraction of sp³-hybridized carbons (Fsp3) is 0.500. The molecule has 0 radical (unpaired) electrons. The zero-order valence-electron chi connectivity index (χ0n) is 10.3. The molecule has 3 N–H and O–H groups in total. The highest BCUT2D eigenvalue weighted by Gasteiger charge is 2.21. The molecule has 2 rings (SSSR count). The van der Waals surface area contributed by atoms with Crippen LogP contribution in [0.5, 0.6) is 0 Å². The molecular formula is C14H20N2O. The van der Waals surface area contributed by atoms with E-state index in [2.05, 4.69) is 5.32 Å². The SMILES string of the molecule is Cc1ccc(NC(=O)C2CCCCC2)c(N)c1. The minimum Gasteiger partial charge on any atom is -0.397 e. The minimum atomic E-state index is 0.125. The maximum Gasteiger partial charge on any atom is 0.227 e. The second kappa shape index (κ2) is 5.21. The molecule has 0 bridgehead atoms. The van der Waals surface area contributed by atoms with Crippen molar-refractivity contribution in [2.45, 2.75) is 39.0 Å². The molecule has 1 aromatic rings. The van der Waals surface area contributed by atoms with Crippen LogP contribution in [0.25, 0.3) is 0 Å². The van der Waals surface area contributed by atoms with Gasteiger partial charge in [0, 0.05) is 5.92 Å². The van der Waals surface area contributed by atoms with E-state index < -0.39 is 0 Å². The summed E-state index contributed by atoms with van der Waals surface area (Å²) < 4.78 is 0. The molecule has 1 saturated carbocycles. The summed E-state index contributed by atoms with van der Waals surface area (Å²) in [5, 5.41) is 2.94. The Morgan fingerprint density at radius 2 is 2.00 bits per heavy atom. The molecule has 1 amide bonds. The van der Waals surface area contributed by atoms with Crippen molar-refractivity contribution >= 4 is 17.3 Å². The molecule has 1 aliphatic carbocycles. The molecule has 0 atom stereocenters. The lowest BCUT2D eigenvalue weighted by Gasteiger charge is -2.21. The van der Waals surface area contributed by atoms with Gasteiger partial charge in [-0.3, -0.25) is 4.79 Å². The van der Waals surface area contributed by atoms with Crippen LogP contribution >= 0.6 is 0 Å². The van der Waals surface area contributed by atoms with Gasteiger partial charge in [0.1, 0.15) is 0 Å². The van der Waals surface area contributed by atoms with Crippen LogP contribution in [0, 0.1) is 12.8 Å². The Bertz CT molecular complexity index is 409. The van der Waals surface area contributed by atoms with Crippen molar-refractivity contribution in [3.05, 3.63) is 23.8 Å². The molecule has 1 aliphatic rings. The Kier molecular flexibility index (Phi) is 3.67. The highest BCUT2D eigenvalue weighted by molar-refractivity contribution is 5.95. The quantitative estimate of drug-likeness (QED) is 0.770. The molecule has 17 heavy (non-hydrogen) atoms. The van der Waals surface area contributed by atoms with Crippen molar-refractivity contribution in [3.8, 4) is 0 Å². The van der Waals surface area contributed by atoms with Gasteiger partial charge >= 0.3 is 0 Å². The number of nitrogen functional groups attached to an aromatic ring is 1. The van der Waals surface area contributed by atoms with E-state index in [9.17, 15) is 4.79 Å². The summed E-state index contributed by atoms with van der Waals surface area (Å²) in [6, 6.07) is 5.73. The van der Waals surface area contributed by atoms with Crippen LogP contribution in [-0.4, -0.2) is 5.91 Å². The molecule has 3 heteroatoms. The Morgan fingerprint density at radius 1 is 1.29 bits per heavy atom. The van der Waals surface area contributed by atoms with Gasteiger partial charge in [0.2, 0.25) is 5.91 Å². The van der Waals surface area contributed by atoms with E-state index in [-0.39, 0.29) is 11.8 Å². The standard InChI is InChI=1S/C14H20N2O/c1-10-7-8-13(12(15)9-10)16-14(17)11-5-3-2-4-6-11/h7-9,11H,2-6,15H2,1H3,(H,16,17). The number of aryl methyl sites for hydroxylation is 1. The number of rotatable bonds is 2. The third-order valence-corrected chi connectivity index (χ3v) is 3.44. The summed E-state index contributed by atoms with van der Waals surface area (Å²) in [5.74, 6) is 0.296. The van der Waals surface area contributed by atoms with Gasteiger partial charge in [0.15, 0.2) is 0 Å². The monoisotopic (exact) mass is 232 g/mol. The fourth-order valence-corrected chi connectivity index (χ4v) is 2.40. The molecule has 1 fully saturated rings. The molecular weight excluding hydrogens is 212 g/mol. The van der Waals surface area contributed by atoms with Crippen molar-refractivity contribution in [1.29, 1.82) is 0 Å². The summed E-state index contributed by atoms with van der Waals surface area (Å²) in [7, 11) is 0. The number of amides is 1. The van der Waals surface area contributed by atoms with Crippen molar-refractivity contribution in [3.63, 3.8) is 0 Å². The largest absolute Gasteiger partial charge is 0.397 e. The molecule has 0 saturated heterocycles. The maximum atomic E-state index is 12.0. The van der Waals surface area contributed by atoms with Gasteiger partial charge in [-0.2, -0.15) is 0 Å². The summed E-state index contributed by atoms with van der Waals surface area (Å²) in [4.78, 5) is 12.0. The van der Waals surface area contributed by atoms with Crippen LogP contribution < -0.4 is 11.1 Å². The third-order valence-electron chi connectivity index (χ3n) is 3.44. The molecule has 92 valence electrons. The number of nitrogens with two attached hydrogens (primary N) is 1. The van der Waals surface area contributed by atoms with Crippen LogP contribution in [0.1, 0.15) is 37.7 Å². The second-order valence-electron chi connectivity index (χ2n) is 4.91. The summed E-state index contributed by atoms with van der Waals surface area (Å²) in [6.07, 6.45) is 5.62. The van der Waals surface area contributed by atoms with E-state index in [0.717, 1.165) is 24.1 Å². The minimum absolute atomic E-state index is 0.125. The maximum absolute atomic E-state index is 12.0. The van der Waals surface area contributed by atoms with Crippen LogP contribution in [0.15, 0.2) is 18.2 Å². The van der Waals surface area contributed by atoms with Crippen LogP contribution in [-0.2, 0) is 4.79 Å². The van der Waals surface area contributed by atoms with Crippen LogP contribution in [0.3, 0.4) is 0 Å². The molecule has 0 aliphatic heterocycles. The highest BCUT2D eigenvalue weighted by atomic mass is 16.1. The van der Waals surface area contributed by atoms with E-state index in [4.69, 9.17) is 5.73 Å². The van der Waals surface area contributed by atoms with Gasteiger partial charge in [-0.05, 0) is 37.5 Å². The van der Waals surface area contributed by atoms with Gasteiger partial charge < -0.3 is 11.1 Å². The van der Waals surface area contributed by atoms with Crippen molar-refractivity contribution in [2.24, 2.45) is 5.92 Å². The fourth-order valence-electron chi connectivity index (χ4n) is 2.40. The Hall–Kier alpha value is -1.51. The lowest BCUT2D eigenvalue weighted by Crippen LogP contribution is -2.25. The van der Waals surface area contributed by atoms with Gasteiger partial charge in [0.05, 0.1) is 11.4 Å². The number of carbonyl (C=O) groups excluding carboxylic acids is 1. The second-order valence-corrected chi connectivity index (χ2v) is 4.91. The first kappa shape index (κ1) is 12.0. The molecule has 0 spiro atoms. The predicted octanol–water partition coefficient (Wildman–Crippen LogP) is 3.10. The summed E-state index contributed by atoms with van der Waals surface area (Å²) in [6.45, 7) is 1.99. The number of anilines is 2. The smallest absolute Gasteiger partial charge is 0.227 e. The normalized spacial score (nSPS) is 16.8. The average molecular weight is 232 g/mol. The van der Waals surface area contributed by atoms with Gasteiger partial charge in [-0.1, -0.05) is 25.3 Å². The summed E-state index contributed by atoms with van der Waals surface area (Å²) >= 11 is 0. The first-order valence-electron chi connectivity index (χ1n) is 6.34. The molecule has 0 unspecified atom stereocenters. The van der Waals surface area contributed by atoms with Crippen molar-refractivity contribution in [2.75, 3.05) is 11.1 Å². The van der Waals surface area contributed by atoms with Crippen LogP contribution in [0.2, 0.25) is 0 Å². The van der Waals surface area contributed by atoms with E-state index in [0.29, 0.717) is 5.69 Å². The molecule has 0 heterocycles. The Labute approximate surface area is 102 Å². The lowest BCUT2D eigenvalue weighted by molar-refractivity contribution is -0.120. The number of nitrogens with one attached hydrogen (secondary N) is 1. The van der Waals surface area contributed by atoms with Crippen molar-refractivity contribution < 1.29 is 4.79 Å². The van der Waals surface area contributed by atoms with E-state index >= 15 is 0 Å². The zero-order valence-corrected chi connectivity index (χ0v) is 10.3. The lowest BCUT2D eigenvalue weighted by atomic mass is 9.88. The average Bonchev–Trinajstić information content (AvgIpc) is 2.34. The zero-order chi connectivity index (χ0) is 12.3. The van der Waals surface area contributed by atoms with Gasteiger partial charge in [-0.25, -0.2) is 0 Å².